The Morgan fingerprint density at radius 3 is 2.89 bits per heavy atom. The van der Waals surface area contributed by atoms with E-state index in [1.54, 1.807) is 12.3 Å². The second-order valence-electron chi connectivity index (χ2n) is 6.95. The van der Waals surface area contributed by atoms with Gasteiger partial charge in [0.1, 0.15) is 16.6 Å². The van der Waals surface area contributed by atoms with E-state index in [4.69, 9.17) is 22.6 Å². The lowest BCUT2D eigenvalue weighted by molar-refractivity contribution is 0.364. The van der Waals surface area contributed by atoms with Crippen molar-refractivity contribution >= 4 is 40.1 Å². The van der Waals surface area contributed by atoms with Crippen LogP contribution < -0.4 is 10.6 Å². The number of rotatable bonds is 3. The summed E-state index contributed by atoms with van der Waals surface area (Å²) in [5.74, 6) is 0. The zero-order valence-corrected chi connectivity index (χ0v) is 16.3. The number of aromatic nitrogens is 4. The highest BCUT2D eigenvalue weighted by Gasteiger charge is 2.26. The maximum atomic E-state index is 9.07. The third-order valence-corrected chi connectivity index (χ3v) is 6.32. The molecule has 1 aliphatic heterocycles. The second-order valence-corrected chi connectivity index (χ2v) is 8.35. The Kier molecular flexibility index (Phi) is 4.68. The molecule has 0 aromatic carbocycles. The number of nitriles is 1. The number of nitrogens with zero attached hydrogens (tertiary/aromatic N) is 5. The van der Waals surface area contributed by atoms with Crippen LogP contribution in [0.5, 0.6) is 0 Å². The number of pyridine rings is 2. The Morgan fingerprint density at radius 2 is 2.15 bits per heavy atom. The molecule has 0 atom stereocenters. The number of aromatic amines is 1. The average molecular weight is 400 g/mol. The number of hydrogen-bond donors (Lipinski definition) is 2. The molecule has 3 N–H and O–H groups in total. The minimum absolute atomic E-state index is 0.0854. The average Bonchev–Trinajstić information content (AvgIpc) is 3.05. The molecule has 27 heavy (non-hydrogen) atoms. The molecule has 138 valence electrons. The van der Waals surface area contributed by atoms with E-state index in [0.29, 0.717) is 10.0 Å². The first-order valence-corrected chi connectivity index (χ1v) is 9.77. The van der Waals surface area contributed by atoms with Crippen LogP contribution in [0.4, 0.5) is 5.69 Å². The molecule has 1 saturated heterocycles. The fraction of sp³-hybridized carbons (Fsp3) is 0.333. The molecule has 0 unspecified atom stereocenters. The van der Waals surface area contributed by atoms with Crippen LogP contribution in [-0.2, 0) is 0 Å². The van der Waals surface area contributed by atoms with Gasteiger partial charge in [-0.3, -0.25) is 5.10 Å². The SMILES string of the molecule is CC1(N)CCN(c2cnc3c(Sc4ccnc(C#N)c4Cl)n[nH]c3c2)CC1. The molecule has 4 rings (SSSR count). The molecule has 1 aliphatic rings. The lowest BCUT2D eigenvalue weighted by atomic mass is 9.91. The summed E-state index contributed by atoms with van der Waals surface area (Å²) in [5, 5.41) is 17.5. The van der Waals surface area contributed by atoms with Crippen molar-refractivity contribution in [2.24, 2.45) is 5.73 Å². The summed E-state index contributed by atoms with van der Waals surface area (Å²) >= 11 is 7.61. The van der Waals surface area contributed by atoms with Gasteiger partial charge >= 0.3 is 0 Å². The van der Waals surface area contributed by atoms with Crippen molar-refractivity contribution in [2.45, 2.75) is 35.2 Å². The summed E-state index contributed by atoms with van der Waals surface area (Å²) in [6.07, 6.45) is 5.35. The van der Waals surface area contributed by atoms with E-state index in [9.17, 15) is 0 Å². The third kappa shape index (κ3) is 3.58. The standard InChI is InChI=1S/C18H18ClN7S/c1-18(21)3-6-26(7-4-18)11-8-12-16(23-10-11)17(25-24-12)27-14-2-5-22-13(9-20)15(14)19/h2,5,8,10H,3-4,6-7,21H2,1H3,(H,24,25). The van der Waals surface area contributed by atoms with E-state index < -0.39 is 0 Å². The monoisotopic (exact) mass is 399 g/mol. The van der Waals surface area contributed by atoms with Gasteiger partial charge in [0, 0.05) is 29.7 Å². The minimum atomic E-state index is -0.0854. The smallest absolute Gasteiger partial charge is 0.160 e. The summed E-state index contributed by atoms with van der Waals surface area (Å²) in [5.41, 5.74) is 9.04. The fourth-order valence-electron chi connectivity index (χ4n) is 3.08. The Bertz CT molecular complexity index is 1030. The summed E-state index contributed by atoms with van der Waals surface area (Å²) in [7, 11) is 0. The molecule has 3 aromatic heterocycles. The van der Waals surface area contributed by atoms with Crippen molar-refractivity contribution in [2.75, 3.05) is 18.0 Å². The number of anilines is 1. The van der Waals surface area contributed by atoms with Crippen molar-refractivity contribution in [1.29, 1.82) is 5.26 Å². The van der Waals surface area contributed by atoms with Crippen LogP contribution in [0.2, 0.25) is 5.02 Å². The molecule has 1 fully saturated rings. The van der Waals surface area contributed by atoms with E-state index in [1.165, 1.54) is 11.8 Å². The van der Waals surface area contributed by atoms with Crippen LogP contribution in [0, 0.1) is 11.3 Å². The Labute approximate surface area is 165 Å². The highest BCUT2D eigenvalue weighted by molar-refractivity contribution is 7.99. The quantitative estimate of drug-likeness (QED) is 0.695. The van der Waals surface area contributed by atoms with E-state index in [1.807, 2.05) is 12.3 Å². The zero-order valence-electron chi connectivity index (χ0n) is 14.7. The van der Waals surface area contributed by atoms with Gasteiger partial charge in [-0.05, 0) is 31.9 Å². The van der Waals surface area contributed by atoms with Crippen molar-refractivity contribution < 1.29 is 0 Å². The first kappa shape index (κ1) is 18.0. The second kappa shape index (κ2) is 7.00. The third-order valence-electron chi connectivity index (χ3n) is 4.79. The van der Waals surface area contributed by atoms with E-state index >= 15 is 0 Å². The van der Waals surface area contributed by atoms with Crippen molar-refractivity contribution in [3.8, 4) is 6.07 Å². The van der Waals surface area contributed by atoms with Crippen LogP contribution in [0.1, 0.15) is 25.5 Å². The molecular weight excluding hydrogens is 382 g/mol. The Balaban J connectivity index is 1.59. The number of nitrogens with two attached hydrogens (primary N) is 1. The zero-order chi connectivity index (χ0) is 19.0. The van der Waals surface area contributed by atoms with Crippen LogP contribution in [0.15, 0.2) is 34.4 Å². The Morgan fingerprint density at radius 1 is 1.37 bits per heavy atom. The van der Waals surface area contributed by atoms with E-state index in [0.717, 1.165) is 47.5 Å². The number of H-pyrrole nitrogens is 1. The first-order valence-electron chi connectivity index (χ1n) is 8.57. The molecule has 0 amide bonds. The number of halogens is 1. The predicted octanol–water partition coefficient (Wildman–Crippen LogP) is 3.35. The van der Waals surface area contributed by atoms with Gasteiger partial charge in [-0.2, -0.15) is 10.4 Å². The summed E-state index contributed by atoms with van der Waals surface area (Å²) in [6.45, 7) is 3.94. The van der Waals surface area contributed by atoms with E-state index in [2.05, 4.69) is 38.1 Å². The fourth-order valence-corrected chi connectivity index (χ4v) is 4.22. The van der Waals surface area contributed by atoms with Gasteiger partial charge in [0.15, 0.2) is 5.69 Å². The van der Waals surface area contributed by atoms with Gasteiger partial charge in [0.25, 0.3) is 0 Å². The summed E-state index contributed by atoms with van der Waals surface area (Å²) in [6, 6.07) is 5.81. The van der Waals surface area contributed by atoms with Crippen LogP contribution in [0.25, 0.3) is 11.0 Å². The first-order chi connectivity index (χ1) is 13.0. The van der Waals surface area contributed by atoms with Gasteiger partial charge in [0.05, 0.1) is 22.4 Å². The molecule has 9 heteroatoms. The predicted molar refractivity (Wildman–Crippen MR) is 106 cm³/mol. The molecule has 3 aromatic rings. The van der Waals surface area contributed by atoms with Gasteiger partial charge in [-0.1, -0.05) is 23.4 Å². The largest absolute Gasteiger partial charge is 0.370 e. The number of hydrogen-bond acceptors (Lipinski definition) is 7. The van der Waals surface area contributed by atoms with Crippen molar-refractivity contribution in [1.82, 2.24) is 20.2 Å². The van der Waals surface area contributed by atoms with Gasteiger partial charge < -0.3 is 10.6 Å². The van der Waals surface area contributed by atoms with Gasteiger partial charge in [-0.15, -0.1) is 0 Å². The van der Waals surface area contributed by atoms with Gasteiger partial charge in [-0.25, -0.2) is 9.97 Å². The van der Waals surface area contributed by atoms with Gasteiger partial charge in [0.2, 0.25) is 0 Å². The minimum Gasteiger partial charge on any atom is -0.370 e. The lowest BCUT2D eigenvalue weighted by Gasteiger charge is -2.37. The Hall–Kier alpha value is -2.34. The molecular formula is C18H18ClN7S. The van der Waals surface area contributed by atoms with Crippen molar-refractivity contribution in [3.63, 3.8) is 0 Å². The highest BCUT2D eigenvalue weighted by Crippen LogP contribution is 2.36. The van der Waals surface area contributed by atoms with Crippen molar-refractivity contribution in [3.05, 3.63) is 35.2 Å². The lowest BCUT2D eigenvalue weighted by Crippen LogP contribution is -2.48. The number of nitrogens with one attached hydrogen (secondary N) is 1. The van der Waals surface area contributed by atoms with Crippen LogP contribution >= 0.6 is 23.4 Å². The van der Waals surface area contributed by atoms with Crippen LogP contribution in [-0.4, -0.2) is 38.8 Å². The molecule has 4 heterocycles. The molecule has 0 bridgehead atoms. The topological polar surface area (TPSA) is 108 Å². The maximum Gasteiger partial charge on any atom is 0.160 e. The molecule has 0 radical (unpaired) electrons. The highest BCUT2D eigenvalue weighted by atomic mass is 35.5. The van der Waals surface area contributed by atoms with Crippen LogP contribution in [0.3, 0.4) is 0 Å². The maximum absolute atomic E-state index is 9.07. The molecule has 0 spiro atoms. The molecule has 0 saturated carbocycles. The molecule has 7 nitrogen and oxygen atoms in total. The van der Waals surface area contributed by atoms with E-state index in [-0.39, 0.29) is 11.2 Å². The number of fused-ring (bicyclic) bond motifs is 1. The molecule has 0 aliphatic carbocycles. The summed E-state index contributed by atoms with van der Waals surface area (Å²) < 4.78 is 0. The number of piperidine rings is 1. The normalized spacial score (nSPS) is 16.4. The summed E-state index contributed by atoms with van der Waals surface area (Å²) in [4.78, 5) is 11.6.